The molecule has 13 heavy (non-hydrogen) atoms. The lowest BCUT2D eigenvalue weighted by Crippen LogP contribution is -2.21. The van der Waals surface area contributed by atoms with Crippen LogP contribution in [0.1, 0.15) is 11.7 Å². The average Bonchev–Trinajstić information content (AvgIpc) is 2.16. The Balaban J connectivity index is 3.05. The number of nitrogens with two attached hydrogens (primary N) is 1. The number of aliphatic hydroxyl groups excluding tert-OH is 1. The standard InChI is InChI=1S/C9H11NO3/c1-13-7-5-3-2-4-6(7)8(11)9(10)12/h2-5,8,11H,1H3,(H2,10,12). The number of aliphatic hydroxyl groups is 1. The van der Waals surface area contributed by atoms with Gasteiger partial charge in [-0.25, -0.2) is 0 Å². The normalized spacial score (nSPS) is 12.2. The zero-order valence-corrected chi connectivity index (χ0v) is 7.23. The number of primary amides is 1. The van der Waals surface area contributed by atoms with Crippen LogP contribution in [0.4, 0.5) is 0 Å². The topological polar surface area (TPSA) is 72.6 Å². The van der Waals surface area contributed by atoms with Crippen molar-refractivity contribution in [3.05, 3.63) is 29.8 Å². The molecule has 0 radical (unpaired) electrons. The zero-order chi connectivity index (χ0) is 9.84. The minimum Gasteiger partial charge on any atom is -0.496 e. The Morgan fingerprint density at radius 1 is 1.54 bits per heavy atom. The Bertz CT molecular complexity index is 311. The number of rotatable bonds is 3. The summed E-state index contributed by atoms with van der Waals surface area (Å²) in [6, 6.07) is 6.69. The molecule has 4 nitrogen and oxygen atoms in total. The Labute approximate surface area is 75.9 Å². The van der Waals surface area contributed by atoms with Gasteiger partial charge in [0, 0.05) is 5.56 Å². The largest absolute Gasteiger partial charge is 0.496 e. The zero-order valence-electron chi connectivity index (χ0n) is 7.23. The van der Waals surface area contributed by atoms with E-state index in [4.69, 9.17) is 10.5 Å². The SMILES string of the molecule is COc1ccccc1C(O)C(N)=O. The van der Waals surface area contributed by atoms with Gasteiger partial charge >= 0.3 is 0 Å². The molecule has 0 saturated carbocycles. The fourth-order valence-corrected chi connectivity index (χ4v) is 1.05. The molecule has 0 aliphatic heterocycles. The molecular formula is C9H11NO3. The minimum absolute atomic E-state index is 0.387. The second-order valence-electron chi connectivity index (χ2n) is 2.55. The monoisotopic (exact) mass is 181 g/mol. The molecule has 0 aliphatic rings. The highest BCUT2D eigenvalue weighted by atomic mass is 16.5. The first-order valence-electron chi connectivity index (χ1n) is 3.77. The quantitative estimate of drug-likeness (QED) is 0.700. The highest BCUT2D eigenvalue weighted by Gasteiger charge is 2.17. The van der Waals surface area contributed by atoms with Crippen molar-refractivity contribution in [2.45, 2.75) is 6.10 Å². The molecule has 0 heterocycles. The Hall–Kier alpha value is -1.55. The van der Waals surface area contributed by atoms with Gasteiger partial charge in [0.1, 0.15) is 5.75 Å². The molecular weight excluding hydrogens is 170 g/mol. The van der Waals surface area contributed by atoms with Crippen LogP contribution < -0.4 is 10.5 Å². The molecule has 0 fully saturated rings. The van der Waals surface area contributed by atoms with Crippen molar-refractivity contribution in [3.63, 3.8) is 0 Å². The third-order valence-corrected chi connectivity index (χ3v) is 1.70. The van der Waals surface area contributed by atoms with Crippen LogP contribution in [0.15, 0.2) is 24.3 Å². The fourth-order valence-electron chi connectivity index (χ4n) is 1.05. The molecule has 1 rings (SSSR count). The summed E-state index contributed by atoms with van der Waals surface area (Å²) in [7, 11) is 1.46. The van der Waals surface area contributed by atoms with Gasteiger partial charge in [-0.2, -0.15) is 0 Å². The number of carbonyl (C=O) groups is 1. The maximum Gasteiger partial charge on any atom is 0.251 e. The Kier molecular flexibility index (Phi) is 2.87. The van der Waals surface area contributed by atoms with Crippen molar-refractivity contribution < 1.29 is 14.6 Å². The van der Waals surface area contributed by atoms with E-state index in [1.54, 1.807) is 24.3 Å². The lowest BCUT2D eigenvalue weighted by Gasteiger charge is -2.10. The van der Waals surface area contributed by atoms with Gasteiger partial charge in [0.05, 0.1) is 7.11 Å². The van der Waals surface area contributed by atoms with Crippen LogP contribution in [-0.2, 0) is 4.79 Å². The second kappa shape index (κ2) is 3.91. The van der Waals surface area contributed by atoms with Crippen LogP contribution in [0.5, 0.6) is 5.75 Å². The fraction of sp³-hybridized carbons (Fsp3) is 0.222. The number of carbonyl (C=O) groups excluding carboxylic acids is 1. The molecule has 0 aromatic heterocycles. The van der Waals surface area contributed by atoms with Gasteiger partial charge in [-0.1, -0.05) is 18.2 Å². The molecule has 1 aromatic rings. The first-order valence-corrected chi connectivity index (χ1v) is 3.77. The van der Waals surface area contributed by atoms with Crippen molar-refractivity contribution in [1.29, 1.82) is 0 Å². The smallest absolute Gasteiger partial charge is 0.251 e. The van der Waals surface area contributed by atoms with Crippen LogP contribution in [0.2, 0.25) is 0 Å². The summed E-state index contributed by atoms with van der Waals surface area (Å²) >= 11 is 0. The minimum atomic E-state index is -1.31. The number of ether oxygens (including phenoxy) is 1. The van der Waals surface area contributed by atoms with Crippen molar-refractivity contribution in [2.24, 2.45) is 5.73 Å². The first kappa shape index (κ1) is 9.54. The van der Waals surface area contributed by atoms with Gasteiger partial charge in [-0.3, -0.25) is 4.79 Å². The van der Waals surface area contributed by atoms with Crippen LogP contribution in [-0.4, -0.2) is 18.1 Å². The summed E-state index contributed by atoms with van der Waals surface area (Å²) in [6.07, 6.45) is -1.31. The molecule has 0 spiro atoms. The predicted octanol–water partition coefficient (Wildman–Crippen LogP) is 0.214. The van der Waals surface area contributed by atoms with E-state index in [1.807, 2.05) is 0 Å². The van der Waals surface area contributed by atoms with Gasteiger partial charge < -0.3 is 15.6 Å². The molecule has 4 heteroatoms. The van der Waals surface area contributed by atoms with Crippen molar-refractivity contribution in [1.82, 2.24) is 0 Å². The van der Waals surface area contributed by atoms with E-state index in [-0.39, 0.29) is 0 Å². The molecule has 0 aliphatic carbocycles. The van der Waals surface area contributed by atoms with Gasteiger partial charge in [0.25, 0.3) is 5.91 Å². The van der Waals surface area contributed by atoms with Crippen molar-refractivity contribution in [3.8, 4) is 5.75 Å². The predicted molar refractivity (Wildman–Crippen MR) is 47.1 cm³/mol. The third kappa shape index (κ3) is 1.97. The van der Waals surface area contributed by atoms with Crippen LogP contribution in [0.3, 0.4) is 0 Å². The average molecular weight is 181 g/mol. The lowest BCUT2D eigenvalue weighted by molar-refractivity contribution is -0.126. The molecule has 0 bridgehead atoms. The highest BCUT2D eigenvalue weighted by Crippen LogP contribution is 2.23. The summed E-state index contributed by atoms with van der Waals surface area (Å²) in [5, 5.41) is 9.36. The highest BCUT2D eigenvalue weighted by molar-refractivity contribution is 5.80. The van der Waals surface area contributed by atoms with Crippen LogP contribution >= 0.6 is 0 Å². The molecule has 1 atom stereocenters. The summed E-state index contributed by atoms with van der Waals surface area (Å²) in [4.78, 5) is 10.7. The number of hydrogen-bond acceptors (Lipinski definition) is 3. The van der Waals surface area contributed by atoms with Crippen LogP contribution in [0, 0.1) is 0 Å². The molecule has 1 unspecified atom stereocenters. The second-order valence-corrected chi connectivity index (χ2v) is 2.55. The van der Waals surface area contributed by atoms with E-state index in [0.29, 0.717) is 11.3 Å². The molecule has 70 valence electrons. The van der Waals surface area contributed by atoms with Crippen LogP contribution in [0.25, 0.3) is 0 Å². The number of hydrogen-bond donors (Lipinski definition) is 2. The number of amides is 1. The Morgan fingerprint density at radius 3 is 2.69 bits per heavy atom. The summed E-state index contributed by atoms with van der Waals surface area (Å²) in [6.45, 7) is 0. The van der Waals surface area contributed by atoms with E-state index in [2.05, 4.69) is 0 Å². The Morgan fingerprint density at radius 2 is 2.15 bits per heavy atom. The summed E-state index contributed by atoms with van der Waals surface area (Å²) in [5.41, 5.74) is 5.33. The van der Waals surface area contributed by atoms with E-state index in [9.17, 15) is 9.90 Å². The van der Waals surface area contributed by atoms with Crippen molar-refractivity contribution in [2.75, 3.05) is 7.11 Å². The summed E-state index contributed by atoms with van der Waals surface area (Å²) in [5.74, 6) is -0.335. The maximum absolute atomic E-state index is 10.7. The van der Waals surface area contributed by atoms with E-state index < -0.39 is 12.0 Å². The van der Waals surface area contributed by atoms with E-state index in [0.717, 1.165) is 0 Å². The molecule has 3 N–H and O–H groups in total. The molecule has 0 saturated heterocycles. The molecule has 1 aromatic carbocycles. The summed E-state index contributed by atoms with van der Waals surface area (Å²) < 4.78 is 4.95. The van der Waals surface area contributed by atoms with E-state index in [1.165, 1.54) is 7.11 Å². The maximum atomic E-state index is 10.7. The van der Waals surface area contributed by atoms with E-state index >= 15 is 0 Å². The van der Waals surface area contributed by atoms with Gasteiger partial charge in [0.15, 0.2) is 6.10 Å². The lowest BCUT2D eigenvalue weighted by atomic mass is 10.1. The number of para-hydroxylation sites is 1. The number of methoxy groups -OCH3 is 1. The van der Waals surface area contributed by atoms with Gasteiger partial charge in [-0.05, 0) is 6.07 Å². The van der Waals surface area contributed by atoms with Crippen molar-refractivity contribution >= 4 is 5.91 Å². The third-order valence-electron chi connectivity index (χ3n) is 1.70. The van der Waals surface area contributed by atoms with Gasteiger partial charge in [0.2, 0.25) is 0 Å². The first-order chi connectivity index (χ1) is 6.16. The number of benzene rings is 1. The van der Waals surface area contributed by atoms with Gasteiger partial charge in [-0.15, -0.1) is 0 Å². The molecule has 1 amide bonds.